The number of sulfonamides is 1. The van der Waals surface area contributed by atoms with E-state index in [1.54, 1.807) is 0 Å². The number of hydrogen-bond donors (Lipinski definition) is 2. The van der Waals surface area contributed by atoms with E-state index in [0.717, 1.165) is 12.1 Å². The lowest BCUT2D eigenvalue weighted by molar-refractivity contribution is 0.114. The highest BCUT2D eigenvalue weighted by Gasteiger charge is 2.22. The number of benzene rings is 1. The minimum atomic E-state index is -4.16. The normalized spacial score (nSPS) is 12.1. The van der Waals surface area contributed by atoms with E-state index in [0.29, 0.717) is 12.5 Å². The first-order valence-corrected chi connectivity index (χ1v) is 7.54. The molecule has 8 heteroatoms. The van der Waals surface area contributed by atoms with Gasteiger partial charge in [-0.2, -0.15) is 0 Å². The Kier molecular flexibility index (Phi) is 5.85. The second-order valence-electron chi connectivity index (χ2n) is 4.68. The predicted molar refractivity (Wildman–Crippen MR) is 71.6 cm³/mol. The topological polar surface area (TPSA) is 81.4 Å². The average molecular weight is 308 g/mol. The van der Waals surface area contributed by atoms with Gasteiger partial charge in [0.1, 0.15) is 4.90 Å². The SMILES string of the molecule is CC(C)COCCNS(=O)(=O)c1cc(N)cc(F)c1F. The molecular formula is C12H18F2N2O3S. The minimum absolute atomic E-state index is 0.0368. The molecule has 0 atom stereocenters. The lowest BCUT2D eigenvalue weighted by Gasteiger charge is -2.10. The maximum Gasteiger partial charge on any atom is 0.243 e. The molecular weight excluding hydrogens is 290 g/mol. The van der Waals surface area contributed by atoms with E-state index < -0.39 is 26.6 Å². The number of anilines is 1. The molecule has 0 radical (unpaired) electrons. The predicted octanol–water partition coefficient (Wildman–Crippen LogP) is 1.50. The lowest BCUT2D eigenvalue weighted by Crippen LogP contribution is -2.29. The Bertz CT molecular complexity index is 562. The van der Waals surface area contributed by atoms with Gasteiger partial charge in [0.15, 0.2) is 11.6 Å². The average Bonchev–Trinajstić information content (AvgIpc) is 2.32. The van der Waals surface area contributed by atoms with Crippen LogP contribution in [0.5, 0.6) is 0 Å². The van der Waals surface area contributed by atoms with Crippen molar-refractivity contribution in [1.82, 2.24) is 4.72 Å². The van der Waals surface area contributed by atoms with Crippen LogP contribution in [0.25, 0.3) is 0 Å². The molecule has 114 valence electrons. The Morgan fingerprint density at radius 3 is 2.60 bits per heavy atom. The number of hydrogen-bond acceptors (Lipinski definition) is 4. The molecule has 1 aromatic carbocycles. The van der Waals surface area contributed by atoms with E-state index in [2.05, 4.69) is 4.72 Å². The fourth-order valence-electron chi connectivity index (χ4n) is 1.42. The summed E-state index contributed by atoms with van der Waals surface area (Å²) in [6.07, 6.45) is 0. The van der Waals surface area contributed by atoms with Gasteiger partial charge in [-0.3, -0.25) is 0 Å². The van der Waals surface area contributed by atoms with Gasteiger partial charge in [0.2, 0.25) is 10.0 Å². The van der Waals surface area contributed by atoms with Crippen molar-refractivity contribution < 1.29 is 21.9 Å². The van der Waals surface area contributed by atoms with Crippen LogP contribution in [-0.2, 0) is 14.8 Å². The molecule has 0 aliphatic heterocycles. The van der Waals surface area contributed by atoms with Crippen molar-refractivity contribution in [3.63, 3.8) is 0 Å². The van der Waals surface area contributed by atoms with Crippen LogP contribution in [-0.4, -0.2) is 28.2 Å². The Morgan fingerprint density at radius 2 is 2.00 bits per heavy atom. The van der Waals surface area contributed by atoms with Gasteiger partial charge in [-0.15, -0.1) is 0 Å². The summed E-state index contributed by atoms with van der Waals surface area (Å²) < 4.78 is 57.6. The highest BCUT2D eigenvalue weighted by molar-refractivity contribution is 7.89. The largest absolute Gasteiger partial charge is 0.399 e. The van der Waals surface area contributed by atoms with Crippen molar-refractivity contribution in [1.29, 1.82) is 0 Å². The fraction of sp³-hybridized carbons (Fsp3) is 0.500. The van der Waals surface area contributed by atoms with E-state index >= 15 is 0 Å². The third-order valence-electron chi connectivity index (χ3n) is 2.30. The van der Waals surface area contributed by atoms with Crippen molar-refractivity contribution in [2.75, 3.05) is 25.5 Å². The second-order valence-corrected chi connectivity index (χ2v) is 6.42. The zero-order valence-electron chi connectivity index (χ0n) is 11.3. The van der Waals surface area contributed by atoms with E-state index in [4.69, 9.17) is 10.5 Å². The van der Waals surface area contributed by atoms with Crippen LogP contribution in [0.15, 0.2) is 17.0 Å². The van der Waals surface area contributed by atoms with Gasteiger partial charge in [0, 0.05) is 18.8 Å². The summed E-state index contributed by atoms with van der Waals surface area (Å²) in [6.45, 7) is 4.50. The van der Waals surface area contributed by atoms with E-state index in [9.17, 15) is 17.2 Å². The summed E-state index contributed by atoms with van der Waals surface area (Å²) in [6, 6.07) is 1.59. The first kappa shape index (κ1) is 16.8. The van der Waals surface area contributed by atoms with E-state index in [1.165, 1.54) is 0 Å². The van der Waals surface area contributed by atoms with Gasteiger partial charge in [-0.1, -0.05) is 13.8 Å². The molecule has 0 aliphatic carbocycles. The first-order valence-electron chi connectivity index (χ1n) is 6.06. The highest BCUT2D eigenvalue weighted by Crippen LogP contribution is 2.20. The standard InChI is InChI=1S/C12H18F2N2O3S/c1-8(2)7-19-4-3-16-20(17,18)11-6-9(15)5-10(13)12(11)14/h5-6,8,16H,3-4,7,15H2,1-2H3. The molecule has 0 saturated carbocycles. The molecule has 0 unspecified atom stereocenters. The summed E-state index contributed by atoms with van der Waals surface area (Å²) in [7, 11) is -4.16. The maximum atomic E-state index is 13.5. The summed E-state index contributed by atoms with van der Waals surface area (Å²) in [5.74, 6) is -2.43. The Hall–Kier alpha value is -1.25. The zero-order valence-corrected chi connectivity index (χ0v) is 12.1. The number of nitrogen functional groups attached to an aromatic ring is 1. The molecule has 0 amide bonds. The van der Waals surface area contributed by atoms with Gasteiger partial charge >= 0.3 is 0 Å². The third kappa shape index (κ3) is 4.69. The van der Waals surface area contributed by atoms with Crippen molar-refractivity contribution in [2.24, 2.45) is 5.92 Å². The Morgan fingerprint density at radius 1 is 1.35 bits per heavy atom. The molecule has 3 N–H and O–H groups in total. The number of nitrogens with two attached hydrogens (primary N) is 1. The lowest BCUT2D eigenvalue weighted by atomic mass is 10.2. The number of ether oxygens (including phenoxy) is 1. The van der Waals surface area contributed by atoms with E-state index in [1.807, 2.05) is 13.8 Å². The highest BCUT2D eigenvalue weighted by atomic mass is 32.2. The van der Waals surface area contributed by atoms with Crippen LogP contribution in [0.2, 0.25) is 0 Å². The molecule has 0 aromatic heterocycles. The van der Waals surface area contributed by atoms with Crippen LogP contribution in [0.1, 0.15) is 13.8 Å². The summed E-state index contributed by atoms with van der Waals surface area (Å²) in [5, 5.41) is 0. The molecule has 0 aliphatic rings. The van der Waals surface area contributed by atoms with Crippen molar-refractivity contribution >= 4 is 15.7 Å². The van der Waals surface area contributed by atoms with Crippen LogP contribution in [0, 0.1) is 17.6 Å². The molecule has 20 heavy (non-hydrogen) atoms. The molecule has 0 fully saturated rings. The molecule has 0 heterocycles. The number of halogens is 2. The third-order valence-corrected chi connectivity index (χ3v) is 3.76. The quantitative estimate of drug-likeness (QED) is 0.591. The molecule has 0 spiro atoms. The van der Waals surface area contributed by atoms with Crippen molar-refractivity contribution in [2.45, 2.75) is 18.7 Å². The number of rotatable bonds is 7. The van der Waals surface area contributed by atoms with Gasteiger partial charge < -0.3 is 10.5 Å². The fourth-order valence-corrected chi connectivity index (χ4v) is 2.56. The summed E-state index contributed by atoms with van der Waals surface area (Å²) in [4.78, 5) is -0.807. The molecule has 5 nitrogen and oxygen atoms in total. The van der Waals surface area contributed by atoms with Crippen LogP contribution < -0.4 is 10.5 Å². The van der Waals surface area contributed by atoms with Gasteiger partial charge in [0.05, 0.1) is 6.61 Å². The van der Waals surface area contributed by atoms with Crippen molar-refractivity contribution in [3.05, 3.63) is 23.8 Å². The maximum absolute atomic E-state index is 13.5. The summed E-state index contributed by atoms with van der Waals surface area (Å²) in [5.41, 5.74) is 5.14. The van der Waals surface area contributed by atoms with Crippen LogP contribution in [0.3, 0.4) is 0 Å². The molecule has 1 aromatic rings. The minimum Gasteiger partial charge on any atom is -0.399 e. The smallest absolute Gasteiger partial charge is 0.243 e. The van der Waals surface area contributed by atoms with Crippen molar-refractivity contribution in [3.8, 4) is 0 Å². The van der Waals surface area contributed by atoms with E-state index in [-0.39, 0.29) is 18.8 Å². The van der Waals surface area contributed by atoms with Gasteiger partial charge in [-0.25, -0.2) is 21.9 Å². The number of nitrogens with one attached hydrogen (secondary N) is 1. The molecule has 0 bridgehead atoms. The van der Waals surface area contributed by atoms with Gasteiger partial charge in [-0.05, 0) is 18.1 Å². The van der Waals surface area contributed by atoms with Crippen LogP contribution in [0.4, 0.5) is 14.5 Å². The zero-order chi connectivity index (χ0) is 15.3. The summed E-state index contributed by atoms with van der Waals surface area (Å²) >= 11 is 0. The Labute approximate surface area is 117 Å². The van der Waals surface area contributed by atoms with Gasteiger partial charge in [0.25, 0.3) is 0 Å². The monoisotopic (exact) mass is 308 g/mol. The molecule has 1 rings (SSSR count). The second kappa shape index (κ2) is 6.96. The Balaban J connectivity index is 2.70. The molecule has 0 saturated heterocycles. The first-order chi connectivity index (χ1) is 9.24. The van der Waals surface area contributed by atoms with Crippen LogP contribution >= 0.6 is 0 Å².